The van der Waals surface area contributed by atoms with Crippen LogP contribution in [0.25, 0.3) is 0 Å². The number of halogens is 2. The molecule has 0 bridgehead atoms. The van der Waals surface area contributed by atoms with Gasteiger partial charge in [0.05, 0.1) is 17.9 Å². The molecule has 1 aromatic heterocycles. The van der Waals surface area contributed by atoms with Crippen molar-refractivity contribution in [3.8, 4) is 18.2 Å². The molecule has 0 radical (unpaired) electrons. The molecule has 2 aromatic rings. The van der Waals surface area contributed by atoms with Gasteiger partial charge in [0.1, 0.15) is 5.69 Å². The lowest BCUT2D eigenvalue weighted by Crippen LogP contribution is -2.41. The quantitative estimate of drug-likeness (QED) is 0.685. The molecule has 3 rings (SSSR count). The smallest absolute Gasteiger partial charge is 0.275 e. The van der Waals surface area contributed by atoms with Gasteiger partial charge in [0.15, 0.2) is 23.4 Å². The van der Waals surface area contributed by atoms with Crippen LogP contribution in [0.4, 0.5) is 14.5 Å². The van der Waals surface area contributed by atoms with Gasteiger partial charge < -0.3 is 15.8 Å². The summed E-state index contributed by atoms with van der Waals surface area (Å²) in [5, 5.41) is 2.85. The van der Waals surface area contributed by atoms with Crippen molar-refractivity contribution in [3.63, 3.8) is 0 Å². The molecule has 10 heteroatoms. The Balaban J connectivity index is 1.90. The molecule has 1 amide bonds. The van der Waals surface area contributed by atoms with Crippen LogP contribution in [0.15, 0.2) is 29.5 Å². The van der Waals surface area contributed by atoms with Crippen molar-refractivity contribution in [2.45, 2.75) is 31.6 Å². The molecule has 1 unspecified atom stereocenters. The molecule has 3 N–H and O–H groups in total. The van der Waals surface area contributed by atoms with E-state index in [1.165, 1.54) is 30.2 Å². The predicted octanol–water partition coefficient (Wildman–Crippen LogP) is 3.32. The number of thioether (sulfide) groups is 1. The fourth-order valence-electron chi connectivity index (χ4n) is 3.26. The van der Waals surface area contributed by atoms with Crippen LogP contribution in [0.2, 0.25) is 0 Å². The zero-order chi connectivity index (χ0) is 22.8. The topological polar surface area (TPSA) is 102 Å². The molecule has 3 atom stereocenters. The van der Waals surface area contributed by atoms with E-state index in [9.17, 15) is 13.6 Å². The van der Waals surface area contributed by atoms with Crippen molar-refractivity contribution in [2.24, 2.45) is 16.6 Å². The van der Waals surface area contributed by atoms with Gasteiger partial charge in [0, 0.05) is 22.6 Å². The fraction of sp³-hybridized carbons (Fsp3) is 0.333. The van der Waals surface area contributed by atoms with Gasteiger partial charge in [-0.25, -0.2) is 18.7 Å². The molecule has 0 saturated heterocycles. The zero-order valence-electron chi connectivity index (χ0n) is 17.1. The van der Waals surface area contributed by atoms with E-state index in [-0.39, 0.29) is 40.6 Å². The number of benzene rings is 1. The molecule has 31 heavy (non-hydrogen) atoms. The summed E-state index contributed by atoms with van der Waals surface area (Å²) in [5.41, 5.74) is 4.84. The number of nitrogens with two attached hydrogens (primary N) is 1. The fourth-order valence-corrected chi connectivity index (χ4v) is 4.35. The van der Waals surface area contributed by atoms with Crippen molar-refractivity contribution >= 4 is 28.5 Å². The maximum Gasteiger partial charge on any atom is 0.275 e. The third-order valence-electron chi connectivity index (χ3n) is 5.24. The van der Waals surface area contributed by atoms with Gasteiger partial charge in [-0.05, 0) is 18.9 Å². The van der Waals surface area contributed by atoms with Gasteiger partial charge in [-0.2, -0.15) is 0 Å². The first-order chi connectivity index (χ1) is 14.7. The Morgan fingerprint density at radius 2 is 2.10 bits per heavy atom. The molecule has 1 aliphatic rings. The monoisotopic (exact) mass is 445 g/mol. The minimum atomic E-state index is -1.11. The Morgan fingerprint density at radius 1 is 1.35 bits per heavy atom. The first kappa shape index (κ1) is 22.5. The van der Waals surface area contributed by atoms with E-state index >= 15 is 0 Å². The van der Waals surface area contributed by atoms with Crippen LogP contribution in [-0.2, 0) is 5.54 Å². The zero-order valence-corrected chi connectivity index (χ0v) is 18.0. The molecule has 0 spiro atoms. The van der Waals surface area contributed by atoms with Crippen LogP contribution in [0.3, 0.4) is 0 Å². The largest absolute Gasteiger partial charge is 0.463 e. The van der Waals surface area contributed by atoms with Crippen LogP contribution in [-0.4, -0.2) is 32.9 Å². The molecule has 162 valence electrons. The maximum atomic E-state index is 14.8. The molecular weight excluding hydrogens is 424 g/mol. The number of aliphatic imine (C=N–C) groups is 1. The Labute approximate surface area is 182 Å². The van der Waals surface area contributed by atoms with Crippen LogP contribution in [0, 0.1) is 29.9 Å². The van der Waals surface area contributed by atoms with Crippen molar-refractivity contribution in [2.75, 3.05) is 11.9 Å². The highest BCUT2D eigenvalue weighted by Gasteiger charge is 2.42. The average molecular weight is 445 g/mol. The van der Waals surface area contributed by atoms with E-state index in [0.29, 0.717) is 5.17 Å². The van der Waals surface area contributed by atoms with Gasteiger partial charge >= 0.3 is 0 Å². The van der Waals surface area contributed by atoms with E-state index in [2.05, 4.69) is 26.2 Å². The van der Waals surface area contributed by atoms with Gasteiger partial charge in [0.2, 0.25) is 5.88 Å². The number of rotatable bonds is 5. The lowest BCUT2D eigenvalue weighted by atomic mass is 9.78. The molecule has 7 nitrogen and oxygen atoms in total. The summed E-state index contributed by atoms with van der Waals surface area (Å²) < 4.78 is 34.3. The van der Waals surface area contributed by atoms with E-state index in [0.717, 1.165) is 6.07 Å². The number of amidine groups is 1. The van der Waals surface area contributed by atoms with Crippen molar-refractivity contribution < 1.29 is 18.3 Å². The normalized spacial score (nSPS) is 22.9. The first-order valence-corrected chi connectivity index (χ1v) is 10.2. The summed E-state index contributed by atoms with van der Waals surface area (Å²) in [5.74, 6) is -0.490. The second-order valence-electron chi connectivity index (χ2n) is 7.22. The Bertz CT molecular complexity index is 1070. The third-order valence-corrected chi connectivity index (χ3v) is 6.35. The highest BCUT2D eigenvalue weighted by molar-refractivity contribution is 8.14. The predicted molar refractivity (Wildman–Crippen MR) is 116 cm³/mol. The number of aromatic nitrogens is 2. The van der Waals surface area contributed by atoms with Gasteiger partial charge in [-0.3, -0.25) is 9.79 Å². The molecule has 1 aromatic carbocycles. The molecule has 1 aliphatic heterocycles. The number of hydrogen-bond acceptors (Lipinski definition) is 7. The molecular formula is C21H21F2N5O2S. The van der Waals surface area contributed by atoms with Gasteiger partial charge in [0.25, 0.3) is 5.91 Å². The van der Waals surface area contributed by atoms with Crippen LogP contribution in [0.5, 0.6) is 5.88 Å². The number of nitrogens with zero attached hydrogens (tertiary/aromatic N) is 3. The number of nitrogens with one attached hydrogen (secondary N) is 1. The lowest BCUT2D eigenvalue weighted by molar-refractivity contribution is 0.102. The second kappa shape index (κ2) is 8.89. The number of anilines is 1. The van der Waals surface area contributed by atoms with Crippen molar-refractivity contribution in [1.29, 1.82) is 0 Å². The molecule has 0 fully saturated rings. The summed E-state index contributed by atoms with van der Waals surface area (Å²) in [6.07, 6.45) is 7.53. The van der Waals surface area contributed by atoms with Crippen molar-refractivity contribution in [3.05, 3.63) is 47.4 Å². The summed E-state index contributed by atoms with van der Waals surface area (Å²) >= 11 is 1.38. The van der Waals surface area contributed by atoms with Crippen LogP contribution in [0.1, 0.15) is 36.8 Å². The highest BCUT2D eigenvalue weighted by Crippen LogP contribution is 2.45. The molecule has 2 heterocycles. The average Bonchev–Trinajstić information content (AvgIpc) is 2.73. The lowest BCUT2D eigenvalue weighted by Gasteiger charge is -2.40. The number of terminal acetylenes is 1. The van der Waals surface area contributed by atoms with Crippen LogP contribution < -0.4 is 15.8 Å². The van der Waals surface area contributed by atoms with E-state index < -0.39 is 23.1 Å². The van der Waals surface area contributed by atoms with Gasteiger partial charge in [-0.15, -0.1) is 6.42 Å². The first-order valence-electron chi connectivity index (χ1n) is 9.37. The minimum absolute atomic E-state index is 0.00881. The standard InChI is InChI=1S/C21H21F2N5O2S/c1-5-6-30-17-10-25-16(9-26-17)19(29)27-13-7-14(18(23)15(22)8-13)21(4)11(2)12(3)31-20(24)28-21/h1,7-12H,6H2,2-4H3,(H2,24,28)(H,27,29)/t11-,12?,21+/m1/s1. The maximum absolute atomic E-state index is 14.8. The van der Waals surface area contributed by atoms with E-state index in [4.69, 9.17) is 16.9 Å². The molecule has 0 saturated carbocycles. The molecule has 0 aliphatic carbocycles. The summed E-state index contributed by atoms with van der Waals surface area (Å²) in [6, 6.07) is 2.26. The Morgan fingerprint density at radius 3 is 2.74 bits per heavy atom. The second-order valence-corrected chi connectivity index (χ2v) is 8.61. The number of amides is 1. The van der Waals surface area contributed by atoms with E-state index in [1.54, 1.807) is 6.92 Å². The van der Waals surface area contributed by atoms with E-state index in [1.807, 2.05) is 13.8 Å². The summed E-state index contributed by atoms with van der Waals surface area (Å²) in [6.45, 7) is 5.56. The number of carbonyl (C=O) groups is 1. The Kier molecular flexibility index (Phi) is 6.45. The third kappa shape index (κ3) is 4.61. The Hall–Kier alpha value is -3.19. The highest BCUT2D eigenvalue weighted by atomic mass is 32.2. The van der Waals surface area contributed by atoms with Gasteiger partial charge in [-0.1, -0.05) is 31.5 Å². The number of hydrogen-bond donors (Lipinski definition) is 2. The number of carbonyl (C=O) groups excluding carboxylic acids is 1. The summed E-state index contributed by atoms with van der Waals surface area (Å²) in [4.78, 5) is 24.8. The minimum Gasteiger partial charge on any atom is -0.463 e. The van der Waals surface area contributed by atoms with Crippen molar-refractivity contribution in [1.82, 2.24) is 9.97 Å². The summed E-state index contributed by atoms with van der Waals surface area (Å²) in [7, 11) is 0. The SMILES string of the molecule is C#CCOc1cnc(C(=O)Nc2cc(F)c(F)c([C@@]3(C)N=C(N)SC(C)[C@H]3C)c2)cn1. The number of ether oxygens (including phenoxy) is 1. The van der Waals surface area contributed by atoms with Crippen LogP contribution >= 0.6 is 11.8 Å².